The second-order valence-electron chi connectivity index (χ2n) is 4.46. The molecule has 0 amide bonds. The van der Waals surface area contributed by atoms with Gasteiger partial charge in [0, 0.05) is 20.2 Å². The van der Waals surface area contributed by atoms with Gasteiger partial charge in [0.2, 0.25) is 0 Å². The summed E-state index contributed by atoms with van der Waals surface area (Å²) in [5.74, 6) is 0.384. The fourth-order valence-electron chi connectivity index (χ4n) is 1.74. The first kappa shape index (κ1) is 18.2. The summed E-state index contributed by atoms with van der Waals surface area (Å²) in [6, 6.07) is 2.61. The lowest BCUT2D eigenvalue weighted by atomic mass is 10.2. The summed E-state index contributed by atoms with van der Waals surface area (Å²) < 4.78 is 37.8. The normalized spacial score (nSPS) is 10.9. The molecule has 0 radical (unpaired) electrons. The van der Waals surface area contributed by atoms with Crippen LogP contribution in [0.2, 0.25) is 0 Å². The number of halogens is 2. The standard InChI is InChI=1S/C15H23F2NO2S/c1-3-21-8-4-6-20-15-13(16)9-12(10-14(15)17)11-18-5-7-19-2/h9-10,18H,3-8,11H2,1-2H3. The van der Waals surface area contributed by atoms with Gasteiger partial charge in [-0.05, 0) is 35.6 Å². The number of thioether (sulfide) groups is 1. The molecule has 1 N–H and O–H groups in total. The lowest BCUT2D eigenvalue weighted by Gasteiger charge is -2.10. The molecule has 120 valence electrons. The molecule has 0 bridgehead atoms. The van der Waals surface area contributed by atoms with Crippen LogP contribution in [0.5, 0.6) is 5.75 Å². The average molecular weight is 319 g/mol. The van der Waals surface area contributed by atoms with E-state index >= 15 is 0 Å². The highest BCUT2D eigenvalue weighted by atomic mass is 32.2. The Morgan fingerprint density at radius 1 is 1.19 bits per heavy atom. The predicted octanol–water partition coefficient (Wildman–Crippen LogP) is 3.22. The van der Waals surface area contributed by atoms with Crippen LogP contribution in [-0.4, -0.2) is 38.4 Å². The Kier molecular flexibility index (Phi) is 9.37. The Morgan fingerprint density at radius 3 is 2.52 bits per heavy atom. The Bertz CT molecular complexity index is 396. The van der Waals surface area contributed by atoms with Crippen molar-refractivity contribution in [3.8, 4) is 5.75 Å². The molecule has 0 aliphatic heterocycles. The van der Waals surface area contributed by atoms with Gasteiger partial charge in [0.15, 0.2) is 17.4 Å². The second-order valence-corrected chi connectivity index (χ2v) is 5.85. The van der Waals surface area contributed by atoms with Crippen LogP contribution < -0.4 is 10.1 Å². The van der Waals surface area contributed by atoms with Gasteiger partial charge in [0.1, 0.15) is 0 Å². The molecule has 1 rings (SSSR count). The molecule has 0 aromatic heterocycles. The summed E-state index contributed by atoms with van der Waals surface area (Å²) in [6.07, 6.45) is 0.776. The molecule has 0 fully saturated rings. The number of hydrogen-bond acceptors (Lipinski definition) is 4. The van der Waals surface area contributed by atoms with E-state index in [1.807, 2.05) is 0 Å². The Balaban J connectivity index is 2.46. The van der Waals surface area contributed by atoms with E-state index in [-0.39, 0.29) is 5.75 Å². The molecule has 0 aliphatic carbocycles. The van der Waals surface area contributed by atoms with E-state index in [4.69, 9.17) is 9.47 Å². The van der Waals surface area contributed by atoms with Gasteiger partial charge in [-0.15, -0.1) is 0 Å². The van der Waals surface area contributed by atoms with Crippen molar-refractivity contribution >= 4 is 11.8 Å². The summed E-state index contributed by atoms with van der Waals surface area (Å²) in [4.78, 5) is 0. The first-order valence-corrected chi connectivity index (χ1v) is 8.22. The summed E-state index contributed by atoms with van der Waals surface area (Å²) >= 11 is 1.78. The smallest absolute Gasteiger partial charge is 0.190 e. The summed E-state index contributed by atoms with van der Waals surface area (Å²) in [7, 11) is 1.60. The van der Waals surface area contributed by atoms with Crippen LogP contribution in [0.4, 0.5) is 8.78 Å². The van der Waals surface area contributed by atoms with Gasteiger partial charge in [-0.25, -0.2) is 8.78 Å². The first-order valence-electron chi connectivity index (χ1n) is 7.07. The van der Waals surface area contributed by atoms with Crippen LogP contribution in [0.3, 0.4) is 0 Å². The van der Waals surface area contributed by atoms with E-state index in [2.05, 4.69) is 12.2 Å². The molecule has 1 aromatic rings. The monoisotopic (exact) mass is 319 g/mol. The van der Waals surface area contributed by atoms with Crippen LogP contribution >= 0.6 is 11.8 Å². The summed E-state index contributed by atoms with van der Waals surface area (Å²) in [6.45, 7) is 3.98. The lowest BCUT2D eigenvalue weighted by Crippen LogP contribution is -2.18. The van der Waals surface area contributed by atoms with E-state index in [0.717, 1.165) is 17.9 Å². The molecule has 0 unspecified atom stereocenters. The predicted molar refractivity (Wildman–Crippen MR) is 83.1 cm³/mol. The van der Waals surface area contributed by atoms with Gasteiger partial charge in [0.05, 0.1) is 13.2 Å². The largest absolute Gasteiger partial charge is 0.488 e. The van der Waals surface area contributed by atoms with Crippen molar-refractivity contribution in [3.63, 3.8) is 0 Å². The highest BCUT2D eigenvalue weighted by molar-refractivity contribution is 7.99. The maximum Gasteiger partial charge on any atom is 0.190 e. The number of nitrogens with one attached hydrogen (secondary N) is 1. The maximum absolute atomic E-state index is 13.8. The third kappa shape index (κ3) is 7.11. The molecule has 3 nitrogen and oxygen atoms in total. The first-order chi connectivity index (χ1) is 10.2. The third-order valence-corrected chi connectivity index (χ3v) is 3.74. The van der Waals surface area contributed by atoms with E-state index in [0.29, 0.717) is 31.9 Å². The number of benzene rings is 1. The van der Waals surface area contributed by atoms with Crippen molar-refractivity contribution in [2.45, 2.75) is 19.9 Å². The van der Waals surface area contributed by atoms with Gasteiger partial charge in [-0.2, -0.15) is 11.8 Å². The van der Waals surface area contributed by atoms with Gasteiger partial charge in [-0.1, -0.05) is 6.92 Å². The topological polar surface area (TPSA) is 30.5 Å². The van der Waals surface area contributed by atoms with Crippen molar-refractivity contribution < 1.29 is 18.3 Å². The Hall–Kier alpha value is -0.850. The van der Waals surface area contributed by atoms with Gasteiger partial charge in [0.25, 0.3) is 0 Å². The minimum atomic E-state index is -0.651. The zero-order valence-electron chi connectivity index (χ0n) is 12.6. The van der Waals surface area contributed by atoms with Crippen molar-refractivity contribution in [2.75, 3.05) is 38.4 Å². The fraction of sp³-hybridized carbons (Fsp3) is 0.600. The quantitative estimate of drug-likeness (QED) is 0.635. The Morgan fingerprint density at radius 2 is 1.90 bits per heavy atom. The molecule has 0 aliphatic rings. The highest BCUT2D eigenvalue weighted by Crippen LogP contribution is 2.23. The zero-order chi connectivity index (χ0) is 15.5. The Labute approximate surface area is 129 Å². The van der Waals surface area contributed by atoms with E-state index in [1.54, 1.807) is 18.9 Å². The number of ether oxygens (including phenoxy) is 2. The van der Waals surface area contributed by atoms with Gasteiger partial charge in [-0.3, -0.25) is 0 Å². The molecule has 21 heavy (non-hydrogen) atoms. The van der Waals surface area contributed by atoms with Crippen LogP contribution in [0.15, 0.2) is 12.1 Å². The third-order valence-electron chi connectivity index (χ3n) is 2.75. The minimum Gasteiger partial charge on any atom is -0.488 e. The molecule has 1 aromatic carbocycles. The molecule has 0 spiro atoms. The van der Waals surface area contributed by atoms with Crippen LogP contribution in [0.25, 0.3) is 0 Å². The molecule has 0 saturated carbocycles. The van der Waals surface area contributed by atoms with Gasteiger partial charge >= 0.3 is 0 Å². The molecule has 6 heteroatoms. The number of hydrogen-bond donors (Lipinski definition) is 1. The van der Waals surface area contributed by atoms with E-state index in [1.165, 1.54) is 12.1 Å². The van der Waals surface area contributed by atoms with Crippen molar-refractivity contribution in [2.24, 2.45) is 0 Å². The van der Waals surface area contributed by atoms with Crippen LogP contribution in [0, 0.1) is 11.6 Å². The molecular formula is C15H23F2NO2S. The molecule has 0 saturated heterocycles. The van der Waals surface area contributed by atoms with Crippen LogP contribution in [-0.2, 0) is 11.3 Å². The fourth-order valence-corrected chi connectivity index (χ4v) is 2.35. The molecule has 0 atom stereocenters. The average Bonchev–Trinajstić information content (AvgIpc) is 2.46. The second kappa shape index (κ2) is 10.8. The lowest BCUT2D eigenvalue weighted by molar-refractivity contribution is 0.199. The molecular weight excluding hydrogens is 296 g/mol. The van der Waals surface area contributed by atoms with Crippen molar-refractivity contribution in [3.05, 3.63) is 29.3 Å². The van der Waals surface area contributed by atoms with Gasteiger partial charge < -0.3 is 14.8 Å². The van der Waals surface area contributed by atoms with Crippen LogP contribution in [0.1, 0.15) is 18.9 Å². The SMILES string of the molecule is CCSCCCOc1c(F)cc(CNCCOC)cc1F. The van der Waals surface area contributed by atoms with Crippen molar-refractivity contribution in [1.29, 1.82) is 0 Å². The van der Waals surface area contributed by atoms with E-state index < -0.39 is 11.6 Å². The minimum absolute atomic E-state index is 0.280. The zero-order valence-corrected chi connectivity index (χ0v) is 13.4. The maximum atomic E-state index is 13.8. The summed E-state index contributed by atoms with van der Waals surface area (Å²) in [5, 5.41) is 3.04. The van der Waals surface area contributed by atoms with E-state index in [9.17, 15) is 8.78 Å². The number of methoxy groups -OCH3 is 1. The number of rotatable bonds is 11. The highest BCUT2D eigenvalue weighted by Gasteiger charge is 2.12. The summed E-state index contributed by atoms with van der Waals surface area (Å²) in [5.41, 5.74) is 0.551. The van der Waals surface area contributed by atoms with Crippen molar-refractivity contribution in [1.82, 2.24) is 5.32 Å². The molecule has 0 heterocycles.